The normalized spacial score (nSPS) is 9.87. The third-order valence-electron chi connectivity index (χ3n) is 1.01. The molecule has 0 fully saturated rings. The molecule has 0 atom stereocenters. The van der Waals surface area contributed by atoms with Crippen LogP contribution in [-0.4, -0.2) is 34.3 Å². The first-order valence-corrected chi connectivity index (χ1v) is 3.48. The molecule has 8 heteroatoms. The lowest BCUT2D eigenvalue weighted by Crippen LogP contribution is -2.21. The monoisotopic (exact) mass is 224 g/mol. The second-order valence-electron chi connectivity index (χ2n) is 2.05. The largest absolute Gasteiger partial charge is 0.490 e. The second kappa shape index (κ2) is 5.78. The average Bonchev–Trinajstić information content (AvgIpc) is 2.18. The molecule has 0 spiro atoms. The van der Waals surface area contributed by atoms with Gasteiger partial charge in [-0.15, -0.1) is 0 Å². The Morgan fingerprint density at radius 3 is 2.27 bits per heavy atom. The van der Waals surface area contributed by atoms with E-state index in [2.05, 4.69) is 9.97 Å². The van der Waals surface area contributed by atoms with Crippen LogP contribution in [0.1, 0.15) is 0 Å². The molecule has 0 aliphatic carbocycles. The van der Waals surface area contributed by atoms with Crippen LogP contribution in [0.5, 0.6) is 5.88 Å². The number of aromatic nitrogens is 2. The Labute approximate surface area is 82.5 Å². The van der Waals surface area contributed by atoms with Gasteiger partial charge in [0.2, 0.25) is 5.88 Å². The molecule has 0 aliphatic heterocycles. The van der Waals surface area contributed by atoms with E-state index in [0.29, 0.717) is 5.88 Å². The van der Waals surface area contributed by atoms with Crippen LogP contribution in [0.2, 0.25) is 0 Å². The Morgan fingerprint density at radius 2 is 2.07 bits per heavy atom. The SMILES string of the molecule is COc1ccncn1.O=C(O)C(F)(F)F. The molecule has 1 heterocycles. The Kier molecular flexibility index (Phi) is 5.07. The number of ether oxygens (including phenoxy) is 1. The Bertz CT molecular complexity index is 302. The van der Waals surface area contributed by atoms with Gasteiger partial charge in [-0.3, -0.25) is 0 Å². The highest BCUT2D eigenvalue weighted by molar-refractivity contribution is 5.73. The second-order valence-corrected chi connectivity index (χ2v) is 2.05. The lowest BCUT2D eigenvalue weighted by Gasteiger charge is -1.93. The molecule has 0 saturated heterocycles. The number of nitrogens with zero attached hydrogens (tertiary/aromatic N) is 2. The molecule has 0 radical (unpaired) electrons. The zero-order valence-corrected chi connectivity index (χ0v) is 7.52. The summed E-state index contributed by atoms with van der Waals surface area (Å²) in [5.41, 5.74) is 0. The fourth-order valence-corrected chi connectivity index (χ4v) is 0.399. The molecule has 0 unspecified atom stereocenters. The molecule has 5 nitrogen and oxygen atoms in total. The smallest absolute Gasteiger partial charge is 0.481 e. The molecule has 1 aromatic heterocycles. The minimum absolute atomic E-state index is 0.597. The predicted octanol–water partition coefficient (Wildman–Crippen LogP) is 1.12. The number of rotatable bonds is 1. The maximum atomic E-state index is 10.6. The van der Waals surface area contributed by atoms with Gasteiger partial charge < -0.3 is 9.84 Å². The zero-order chi connectivity index (χ0) is 11.9. The molecule has 0 aromatic carbocycles. The van der Waals surface area contributed by atoms with Gasteiger partial charge in [-0.05, 0) is 0 Å². The Hall–Kier alpha value is -1.86. The molecular formula is C7H7F3N2O3. The molecule has 0 bridgehead atoms. The number of methoxy groups -OCH3 is 1. The molecule has 1 aromatic rings. The summed E-state index contributed by atoms with van der Waals surface area (Å²) < 4.78 is 36.5. The summed E-state index contributed by atoms with van der Waals surface area (Å²) in [5.74, 6) is -2.16. The van der Waals surface area contributed by atoms with Gasteiger partial charge in [0.05, 0.1) is 7.11 Å². The quantitative estimate of drug-likeness (QED) is 0.773. The zero-order valence-electron chi connectivity index (χ0n) is 7.52. The summed E-state index contributed by atoms with van der Waals surface area (Å²) in [5, 5.41) is 7.12. The van der Waals surface area contributed by atoms with Crippen LogP contribution < -0.4 is 4.74 Å². The molecule has 1 N–H and O–H groups in total. The Balaban J connectivity index is 0.000000265. The number of hydrogen-bond acceptors (Lipinski definition) is 4. The number of carboxylic acid groups (broad SMARTS) is 1. The van der Waals surface area contributed by atoms with E-state index in [1.165, 1.54) is 6.33 Å². The van der Waals surface area contributed by atoms with Crippen LogP contribution in [0.25, 0.3) is 0 Å². The first kappa shape index (κ1) is 13.1. The van der Waals surface area contributed by atoms with Crippen LogP contribution in [-0.2, 0) is 4.79 Å². The highest BCUT2D eigenvalue weighted by atomic mass is 19.4. The van der Waals surface area contributed by atoms with E-state index in [-0.39, 0.29) is 0 Å². The van der Waals surface area contributed by atoms with Gasteiger partial charge in [0.25, 0.3) is 0 Å². The molecular weight excluding hydrogens is 217 g/mol. The van der Waals surface area contributed by atoms with Crippen molar-refractivity contribution in [2.75, 3.05) is 7.11 Å². The summed E-state index contributed by atoms with van der Waals surface area (Å²) in [6.07, 6.45) is -2.01. The fourth-order valence-electron chi connectivity index (χ4n) is 0.399. The van der Waals surface area contributed by atoms with Gasteiger partial charge in [-0.25, -0.2) is 14.8 Å². The van der Waals surface area contributed by atoms with E-state index < -0.39 is 12.1 Å². The van der Waals surface area contributed by atoms with Crippen molar-refractivity contribution in [2.45, 2.75) is 6.18 Å². The lowest BCUT2D eigenvalue weighted by molar-refractivity contribution is -0.192. The van der Waals surface area contributed by atoms with Crippen molar-refractivity contribution in [1.29, 1.82) is 0 Å². The summed E-state index contributed by atoms with van der Waals surface area (Å²) in [7, 11) is 1.57. The van der Waals surface area contributed by atoms with Gasteiger partial charge in [0.15, 0.2) is 0 Å². The number of carbonyl (C=O) groups is 1. The van der Waals surface area contributed by atoms with E-state index in [1.807, 2.05) is 0 Å². The summed E-state index contributed by atoms with van der Waals surface area (Å²) in [6.45, 7) is 0. The number of halogens is 3. The van der Waals surface area contributed by atoms with E-state index in [0.717, 1.165) is 0 Å². The minimum atomic E-state index is -5.08. The predicted molar refractivity (Wildman–Crippen MR) is 42.3 cm³/mol. The van der Waals surface area contributed by atoms with Crippen LogP contribution in [0, 0.1) is 0 Å². The molecule has 0 aliphatic rings. The van der Waals surface area contributed by atoms with E-state index in [1.54, 1.807) is 19.4 Å². The van der Waals surface area contributed by atoms with E-state index in [9.17, 15) is 13.2 Å². The van der Waals surface area contributed by atoms with Crippen molar-refractivity contribution in [1.82, 2.24) is 9.97 Å². The van der Waals surface area contributed by atoms with Crippen molar-refractivity contribution in [2.24, 2.45) is 0 Å². The van der Waals surface area contributed by atoms with Gasteiger partial charge >= 0.3 is 12.1 Å². The number of carboxylic acids is 1. The van der Waals surface area contributed by atoms with Gasteiger partial charge in [-0.1, -0.05) is 0 Å². The summed E-state index contributed by atoms with van der Waals surface area (Å²) >= 11 is 0. The van der Waals surface area contributed by atoms with Crippen LogP contribution in [0.15, 0.2) is 18.6 Å². The van der Waals surface area contributed by atoms with Crippen molar-refractivity contribution in [3.63, 3.8) is 0 Å². The first-order chi connectivity index (χ1) is 6.88. The number of aliphatic carboxylic acids is 1. The lowest BCUT2D eigenvalue weighted by atomic mass is 10.6. The fraction of sp³-hybridized carbons (Fsp3) is 0.286. The number of hydrogen-bond donors (Lipinski definition) is 1. The van der Waals surface area contributed by atoms with E-state index in [4.69, 9.17) is 14.6 Å². The van der Waals surface area contributed by atoms with Gasteiger partial charge in [0, 0.05) is 12.3 Å². The van der Waals surface area contributed by atoms with Crippen molar-refractivity contribution >= 4 is 5.97 Å². The Morgan fingerprint density at radius 1 is 1.53 bits per heavy atom. The average molecular weight is 224 g/mol. The number of alkyl halides is 3. The van der Waals surface area contributed by atoms with Crippen LogP contribution in [0.4, 0.5) is 13.2 Å². The van der Waals surface area contributed by atoms with Gasteiger partial charge in [-0.2, -0.15) is 13.2 Å². The third kappa shape index (κ3) is 6.24. The van der Waals surface area contributed by atoms with Gasteiger partial charge in [0.1, 0.15) is 6.33 Å². The summed E-state index contributed by atoms with van der Waals surface area (Å²) in [6, 6.07) is 1.69. The first-order valence-electron chi connectivity index (χ1n) is 3.48. The molecule has 84 valence electrons. The summed E-state index contributed by atoms with van der Waals surface area (Å²) in [4.78, 5) is 16.4. The maximum absolute atomic E-state index is 10.6. The van der Waals surface area contributed by atoms with Crippen LogP contribution >= 0.6 is 0 Å². The molecule has 0 amide bonds. The molecule has 1 rings (SSSR count). The van der Waals surface area contributed by atoms with Crippen LogP contribution in [0.3, 0.4) is 0 Å². The molecule has 15 heavy (non-hydrogen) atoms. The topological polar surface area (TPSA) is 72.3 Å². The third-order valence-corrected chi connectivity index (χ3v) is 1.01. The molecule has 0 saturated carbocycles. The standard InChI is InChI=1S/C5H6N2O.C2HF3O2/c1-8-5-2-3-6-4-7-5;3-2(4,5)1(6)7/h2-4H,1H3;(H,6,7). The van der Waals surface area contributed by atoms with Crippen molar-refractivity contribution in [3.05, 3.63) is 18.6 Å². The highest BCUT2D eigenvalue weighted by Crippen LogP contribution is 2.13. The van der Waals surface area contributed by atoms with Crippen molar-refractivity contribution in [3.8, 4) is 5.88 Å². The highest BCUT2D eigenvalue weighted by Gasteiger charge is 2.38. The van der Waals surface area contributed by atoms with Crippen molar-refractivity contribution < 1.29 is 27.8 Å². The maximum Gasteiger partial charge on any atom is 0.490 e. The minimum Gasteiger partial charge on any atom is -0.481 e. The van der Waals surface area contributed by atoms with E-state index >= 15 is 0 Å².